The first-order valence-corrected chi connectivity index (χ1v) is 8.43. The van der Waals surface area contributed by atoms with E-state index in [0.717, 1.165) is 17.6 Å². The summed E-state index contributed by atoms with van der Waals surface area (Å²) < 4.78 is 14.7. The van der Waals surface area contributed by atoms with Crippen LogP contribution >= 0.6 is 15.9 Å². The third kappa shape index (κ3) is 3.73. The molecule has 0 radical (unpaired) electrons. The number of anilines is 1. The van der Waals surface area contributed by atoms with Crippen molar-refractivity contribution in [2.45, 2.75) is 6.54 Å². The highest BCUT2D eigenvalue weighted by Gasteiger charge is 2.22. The van der Waals surface area contributed by atoms with Crippen LogP contribution in [0.4, 0.5) is 10.2 Å². The second kappa shape index (κ2) is 7.27. The number of carboxylic acids is 1. The molecule has 1 saturated heterocycles. The van der Waals surface area contributed by atoms with Crippen molar-refractivity contribution in [1.82, 2.24) is 9.88 Å². The monoisotopic (exact) mass is 393 g/mol. The number of pyridine rings is 1. The van der Waals surface area contributed by atoms with Crippen LogP contribution in [0.25, 0.3) is 0 Å². The Morgan fingerprint density at radius 1 is 1.25 bits per heavy atom. The molecule has 0 saturated carbocycles. The van der Waals surface area contributed by atoms with Crippen LogP contribution in [0.1, 0.15) is 15.9 Å². The molecule has 0 bridgehead atoms. The molecule has 2 aromatic rings. The summed E-state index contributed by atoms with van der Waals surface area (Å²) >= 11 is 3.37. The van der Waals surface area contributed by atoms with Gasteiger partial charge in [0.15, 0.2) is 0 Å². The van der Waals surface area contributed by atoms with Crippen LogP contribution in [0, 0.1) is 5.82 Å². The highest BCUT2D eigenvalue weighted by Crippen LogP contribution is 2.21. The molecule has 126 valence electrons. The first-order valence-electron chi connectivity index (χ1n) is 7.64. The van der Waals surface area contributed by atoms with Crippen molar-refractivity contribution in [2.75, 3.05) is 31.1 Å². The second-order valence-corrected chi connectivity index (χ2v) is 6.59. The van der Waals surface area contributed by atoms with Crippen LogP contribution in [-0.2, 0) is 6.54 Å². The molecule has 1 aromatic heterocycles. The fourth-order valence-electron chi connectivity index (χ4n) is 2.84. The van der Waals surface area contributed by atoms with E-state index in [2.05, 4.69) is 25.8 Å². The number of benzene rings is 1. The Morgan fingerprint density at radius 3 is 2.71 bits per heavy atom. The van der Waals surface area contributed by atoms with Gasteiger partial charge in [-0.05, 0) is 30.3 Å². The van der Waals surface area contributed by atoms with Crippen LogP contribution in [-0.4, -0.2) is 47.1 Å². The van der Waals surface area contributed by atoms with E-state index in [0.29, 0.717) is 31.0 Å². The average Bonchev–Trinajstić information content (AvgIpc) is 2.59. The zero-order valence-electron chi connectivity index (χ0n) is 13.0. The van der Waals surface area contributed by atoms with Gasteiger partial charge in [-0.15, -0.1) is 0 Å². The number of carboxylic acid groups (broad SMARTS) is 1. The molecular weight excluding hydrogens is 377 g/mol. The number of halogens is 2. The van der Waals surface area contributed by atoms with Gasteiger partial charge in [0.05, 0.1) is 0 Å². The van der Waals surface area contributed by atoms with E-state index in [1.165, 1.54) is 6.07 Å². The number of piperazine rings is 1. The molecule has 7 heteroatoms. The van der Waals surface area contributed by atoms with E-state index in [1.807, 2.05) is 4.90 Å². The minimum Gasteiger partial charge on any atom is -0.478 e. The highest BCUT2D eigenvalue weighted by atomic mass is 79.9. The van der Waals surface area contributed by atoms with Gasteiger partial charge in [0.1, 0.15) is 17.2 Å². The fourth-order valence-corrected chi connectivity index (χ4v) is 3.25. The van der Waals surface area contributed by atoms with E-state index in [9.17, 15) is 14.3 Å². The van der Waals surface area contributed by atoms with E-state index < -0.39 is 5.97 Å². The lowest BCUT2D eigenvalue weighted by atomic mass is 10.1. The third-order valence-corrected chi connectivity index (χ3v) is 4.58. The van der Waals surface area contributed by atoms with Crippen LogP contribution in [0.2, 0.25) is 0 Å². The van der Waals surface area contributed by atoms with Crippen LogP contribution in [0.15, 0.2) is 41.0 Å². The zero-order chi connectivity index (χ0) is 17.1. The van der Waals surface area contributed by atoms with E-state index in [1.54, 1.807) is 30.5 Å². The first-order chi connectivity index (χ1) is 11.5. The van der Waals surface area contributed by atoms with Gasteiger partial charge in [0.25, 0.3) is 0 Å². The van der Waals surface area contributed by atoms with Gasteiger partial charge in [-0.25, -0.2) is 14.2 Å². The Bertz CT molecular complexity index is 748. The number of nitrogens with zero attached hydrogens (tertiary/aromatic N) is 3. The Hall–Kier alpha value is -1.99. The van der Waals surface area contributed by atoms with Crippen molar-refractivity contribution in [2.24, 2.45) is 0 Å². The lowest BCUT2D eigenvalue weighted by molar-refractivity contribution is 0.0697. The molecule has 1 aromatic carbocycles. The fraction of sp³-hybridized carbons (Fsp3) is 0.294. The van der Waals surface area contributed by atoms with Gasteiger partial charge in [0, 0.05) is 49.0 Å². The minimum atomic E-state index is -0.975. The van der Waals surface area contributed by atoms with Gasteiger partial charge >= 0.3 is 5.97 Å². The Kier molecular flexibility index (Phi) is 5.11. The van der Waals surface area contributed by atoms with Gasteiger partial charge in [0.2, 0.25) is 0 Å². The molecule has 1 fully saturated rings. The molecule has 1 N–H and O–H groups in total. The van der Waals surface area contributed by atoms with Gasteiger partial charge in [-0.2, -0.15) is 0 Å². The molecule has 0 spiro atoms. The second-order valence-electron chi connectivity index (χ2n) is 5.68. The SMILES string of the molecule is O=C(O)c1cccnc1N1CCN(Cc2cc(Br)ccc2F)CC1. The highest BCUT2D eigenvalue weighted by molar-refractivity contribution is 9.10. The summed E-state index contributed by atoms with van der Waals surface area (Å²) in [5, 5.41) is 9.28. The Morgan fingerprint density at radius 2 is 2.00 bits per heavy atom. The Balaban J connectivity index is 1.66. The predicted octanol–water partition coefficient (Wildman–Crippen LogP) is 3.00. The maximum Gasteiger partial charge on any atom is 0.339 e. The van der Waals surface area contributed by atoms with Crippen LogP contribution in [0.5, 0.6) is 0 Å². The predicted molar refractivity (Wildman–Crippen MR) is 92.8 cm³/mol. The molecule has 3 rings (SSSR count). The number of aromatic carboxylic acids is 1. The van der Waals surface area contributed by atoms with Crippen molar-refractivity contribution in [3.63, 3.8) is 0 Å². The van der Waals surface area contributed by atoms with E-state index >= 15 is 0 Å². The number of aromatic nitrogens is 1. The molecule has 0 unspecified atom stereocenters. The molecule has 0 aliphatic carbocycles. The largest absolute Gasteiger partial charge is 0.478 e. The summed E-state index contributed by atoms with van der Waals surface area (Å²) in [5.74, 6) is -0.687. The lowest BCUT2D eigenvalue weighted by Gasteiger charge is -2.35. The van der Waals surface area contributed by atoms with E-state index in [-0.39, 0.29) is 11.4 Å². The standard InChI is InChI=1S/C17H17BrFN3O2/c18-13-3-4-15(19)12(10-13)11-21-6-8-22(9-7-21)16-14(17(23)24)2-1-5-20-16/h1-5,10H,6-9,11H2,(H,23,24). The van der Waals surface area contributed by atoms with Gasteiger partial charge < -0.3 is 10.0 Å². The molecule has 1 aliphatic rings. The van der Waals surface area contributed by atoms with Gasteiger partial charge in [-0.1, -0.05) is 15.9 Å². The quantitative estimate of drug-likeness (QED) is 0.864. The van der Waals surface area contributed by atoms with Crippen LogP contribution < -0.4 is 4.90 Å². The molecule has 5 nitrogen and oxygen atoms in total. The third-order valence-electron chi connectivity index (χ3n) is 4.09. The number of rotatable bonds is 4. The molecule has 24 heavy (non-hydrogen) atoms. The maximum absolute atomic E-state index is 13.9. The topological polar surface area (TPSA) is 56.7 Å². The molecular formula is C17H17BrFN3O2. The number of hydrogen-bond acceptors (Lipinski definition) is 4. The van der Waals surface area contributed by atoms with Crippen LogP contribution in [0.3, 0.4) is 0 Å². The molecule has 0 amide bonds. The summed E-state index contributed by atoms with van der Waals surface area (Å²) in [6.45, 7) is 3.30. The number of carbonyl (C=O) groups is 1. The van der Waals surface area contributed by atoms with Crippen molar-refractivity contribution >= 4 is 27.7 Å². The minimum absolute atomic E-state index is 0.210. The molecule has 0 atom stereocenters. The maximum atomic E-state index is 13.9. The summed E-state index contributed by atoms with van der Waals surface area (Å²) in [4.78, 5) is 19.7. The normalized spacial score (nSPS) is 15.5. The first kappa shape index (κ1) is 16.9. The molecule has 2 heterocycles. The van der Waals surface area contributed by atoms with E-state index in [4.69, 9.17) is 0 Å². The Labute approximate surface area is 147 Å². The van der Waals surface area contributed by atoms with Crippen molar-refractivity contribution in [3.8, 4) is 0 Å². The lowest BCUT2D eigenvalue weighted by Crippen LogP contribution is -2.46. The average molecular weight is 394 g/mol. The molecule has 1 aliphatic heterocycles. The number of hydrogen-bond donors (Lipinski definition) is 1. The van der Waals surface area contributed by atoms with Crippen molar-refractivity contribution in [3.05, 3.63) is 57.9 Å². The summed E-state index contributed by atoms with van der Waals surface area (Å²) in [7, 11) is 0. The summed E-state index contributed by atoms with van der Waals surface area (Å²) in [6, 6.07) is 8.13. The van der Waals surface area contributed by atoms with Gasteiger partial charge in [-0.3, -0.25) is 4.90 Å². The zero-order valence-corrected chi connectivity index (χ0v) is 14.5. The smallest absolute Gasteiger partial charge is 0.339 e. The van der Waals surface area contributed by atoms with Crippen molar-refractivity contribution in [1.29, 1.82) is 0 Å². The summed E-state index contributed by atoms with van der Waals surface area (Å²) in [5.41, 5.74) is 0.867. The van der Waals surface area contributed by atoms with Crippen molar-refractivity contribution < 1.29 is 14.3 Å². The summed E-state index contributed by atoms with van der Waals surface area (Å²) in [6.07, 6.45) is 1.60.